The van der Waals surface area contributed by atoms with E-state index in [1.165, 1.54) is 36.7 Å². The van der Waals surface area contributed by atoms with Crippen molar-refractivity contribution in [3.8, 4) is 5.75 Å². The summed E-state index contributed by atoms with van der Waals surface area (Å²) in [4.78, 5) is 15.7. The summed E-state index contributed by atoms with van der Waals surface area (Å²) in [6, 6.07) is 8.83. The summed E-state index contributed by atoms with van der Waals surface area (Å²) in [5, 5.41) is 2.62. The molecule has 1 N–H and O–H groups in total. The summed E-state index contributed by atoms with van der Waals surface area (Å²) in [6.07, 6.45) is 3.07. The fourth-order valence-electron chi connectivity index (χ4n) is 1.45. The number of anilines is 1. The van der Waals surface area contributed by atoms with Gasteiger partial charge < -0.3 is 10.1 Å². The van der Waals surface area contributed by atoms with Gasteiger partial charge in [-0.05, 0) is 30.3 Å². The molecule has 0 bridgehead atoms. The number of nitrogens with zero attached hydrogens (tertiary/aromatic N) is 1. The second kappa shape index (κ2) is 5.90. The zero-order chi connectivity index (χ0) is 13.7. The maximum atomic E-state index is 12.1. The molecule has 6 heteroatoms. The minimum Gasteiger partial charge on any atom is -0.435 e. The van der Waals surface area contributed by atoms with Crippen molar-refractivity contribution >= 4 is 11.6 Å². The van der Waals surface area contributed by atoms with Crippen molar-refractivity contribution in [2.75, 3.05) is 5.32 Å². The van der Waals surface area contributed by atoms with E-state index in [0.717, 1.165) is 0 Å². The van der Waals surface area contributed by atoms with Gasteiger partial charge in [-0.3, -0.25) is 9.78 Å². The van der Waals surface area contributed by atoms with Gasteiger partial charge in [-0.1, -0.05) is 6.07 Å². The van der Waals surface area contributed by atoms with Gasteiger partial charge in [0, 0.05) is 23.6 Å². The molecule has 1 aromatic carbocycles. The van der Waals surface area contributed by atoms with Crippen LogP contribution in [0.25, 0.3) is 0 Å². The van der Waals surface area contributed by atoms with Crippen LogP contribution in [0.3, 0.4) is 0 Å². The fraction of sp³-hybridized carbons (Fsp3) is 0.0769. The highest BCUT2D eigenvalue weighted by Crippen LogP contribution is 2.17. The zero-order valence-electron chi connectivity index (χ0n) is 9.72. The lowest BCUT2D eigenvalue weighted by Gasteiger charge is -2.07. The van der Waals surface area contributed by atoms with Gasteiger partial charge in [0.15, 0.2) is 0 Å². The smallest absolute Gasteiger partial charge is 0.387 e. The van der Waals surface area contributed by atoms with Gasteiger partial charge >= 0.3 is 6.61 Å². The second-order valence-electron chi connectivity index (χ2n) is 3.60. The van der Waals surface area contributed by atoms with E-state index >= 15 is 0 Å². The van der Waals surface area contributed by atoms with Crippen LogP contribution in [0.15, 0.2) is 48.8 Å². The predicted octanol–water partition coefficient (Wildman–Crippen LogP) is 2.94. The first-order chi connectivity index (χ1) is 9.15. The lowest BCUT2D eigenvalue weighted by molar-refractivity contribution is -0.0498. The molecule has 0 unspecified atom stereocenters. The number of hydrogen-bond donors (Lipinski definition) is 1. The molecular weight excluding hydrogens is 254 g/mol. The molecule has 1 aromatic heterocycles. The Bertz CT molecular complexity index is 562. The molecule has 0 radical (unpaired) electrons. The number of amides is 1. The number of pyridine rings is 1. The number of ether oxygens (including phenoxy) is 1. The number of alkyl halides is 2. The van der Waals surface area contributed by atoms with Crippen molar-refractivity contribution < 1.29 is 18.3 Å². The second-order valence-corrected chi connectivity index (χ2v) is 3.60. The number of nitrogens with one attached hydrogen (secondary N) is 1. The third kappa shape index (κ3) is 3.74. The van der Waals surface area contributed by atoms with Crippen LogP contribution in [-0.2, 0) is 0 Å². The third-order valence-corrected chi connectivity index (χ3v) is 2.26. The molecule has 0 fully saturated rings. The molecule has 0 atom stereocenters. The van der Waals surface area contributed by atoms with Crippen LogP contribution in [0, 0.1) is 0 Å². The van der Waals surface area contributed by atoms with E-state index < -0.39 is 12.5 Å². The monoisotopic (exact) mass is 264 g/mol. The Kier molecular flexibility index (Phi) is 4.02. The fourth-order valence-corrected chi connectivity index (χ4v) is 1.45. The van der Waals surface area contributed by atoms with E-state index in [1.54, 1.807) is 12.1 Å². The molecule has 0 aliphatic carbocycles. The molecular formula is C13H10F2N2O2. The molecule has 98 valence electrons. The molecule has 0 saturated heterocycles. The standard InChI is InChI=1S/C13H10F2N2O2/c14-13(15)19-11-3-1-2-9(8-11)12(18)17-10-4-6-16-7-5-10/h1-8,13H,(H,16,17,18). The van der Waals surface area contributed by atoms with Gasteiger partial charge in [0.25, 0.3) is 5.91 Å². The van der Waals surface area contributed by atoms with Crippen molar-refractivity contribution in [1.29, 1.82) is 0 Å². The lowest BCUT2D eigenvalue weighted by Crippen LogP contribution is -2.12. The van der Waals surface area contributed by atoms with E-state index in [4.69, 9.17) is 0 Å². The van der Waals surface area contributed by atoms with Crippen LogP contribution in [0.1, 0.15) is 10.4 Å². The number of halogens is 2. The third-order valence-electron chi connectivity index (χ3n) is 2.26. The first-order valence-corrected chi connectivity index (χ1v) is 5.41. The van der Waals surface area contributed by atoms with Crippen LogP contribution in [-0.4, -0.2) is 17.5 Å². The molecule has 4 nitrogen and oxygen atoms in total. The van der Waals surface area contributed by atoms with Crippen molar-refractivity contribution in [3.63, 3.8) is 0 Å². The Morgan fingerprint density at radius 3 is 2.63 bits per heavy atom. The normalized spacial score (nSPS) is 10.3. The maximum Gasteiger partial charge on any atom is 0.387 e. The highest BCUT2D eigenvalue weighted by molar-refractivity contribution is 6.04. The van der Waals surface area contributed by atoms with Crippen molar-refractivity contribution in [2.45, 2.75) is 6.61 Å². The van der Waals surface area contributed by atoms with Crippen molar-refractivity contribution in [3.05, 3.63) is 54.4 Å². The maximum absolute atomic E-state index is 12.1. The zero-order valence-corrected chi connectivity index (χ0v) is 9.72. The number of carbonyl (C=O) groups is 1. The minimum atomic E-state index is -2.92. The highest BCUT2D eigenvalue weighted by Gasteiger charge is 2.09. The molecule has 0 saturated carbocycles. The van der Waals surface area contributed by atoms with Gasteiger partial charge in [-0.15, -0.1) is 0 Å². The van der Waals surface area contributed by atoms with Crippen LogP contribution >= 0.6 is 0 Å². The van der Waals surface area contributed by atoms with Crippen molar-refractivity contribution in [2.24, 2.45) is 0 Å². The summed E-state index contributed by atoms with van der Waals surface area (Å²) in [5.41, 5.74) is 0.801. The molecule has 2 aromatic rings. The summed E-state index contributed by atoms with van der Waals surface area (Å²) in [7, 11) is 0. The first kappa shape index (κ1) is 12.9. The Labute approximate surface area is 108 Å². The summed E-state index contributed by atoms with van der Waals surface area (Å²) in [5.74, 6) is -0.469. The van der Waals surface area contributed by atoms with E-state index in [1.807, 2.05) is 0 Å². The largest absolute Gasteiger partial charge is 0.435 e. The summed E-state index contributed by atoms with van der Waals surface area (Å²) < 4.78 is 28.4. The molecule has 0 aliphatic heterocycles. The number of carbonyl (C=O) groups excluding carboxylic acids is 1. The van der Waals surface area contributed by atoms with Crippen LogP contribution in [0.5, 0.6) is 5.75 Å². The Hall–Kier alpha value is -2.50. The van der Waals surface area contributed by atoms with Gasteiger partial charge in [0.1, 0.15) is 5.75 Å². The SMILES string of the molecule is O=C(Nc1ccncc1)c1cccc(OC(F)F)c1. The Balaban J connectivity index is 2.11. The Morgan fingerprint density at radius 2 is 1.95 bits per heavy atom. The first-order valence-electron chi connectivity index (χ1n) is 5.41. The van der Waals surface area contributed by atoms with E-state index in [2.05, 4.69) is 15.0 Å². The molecule has 19 heavy (non-hydrogen) atoms. The average Bonchev–Trinajstić information content (AvgIpc) is 2.39. The van der Waals surface area contributed by atoms with Gasteiger partial charge in [-0.2, -0.15) is 8.78 Å². The van der Waals surface area contributed by atoms with Crippen LogP contribution < -0.4 is 10.1 Å². The summed E-state index contributed by atoms with van der Waals surface area (Å²) in [6.45, 7) is -2.92. The van der Waals surface area contributed by atoms with Crippen LogP contribution in [0.4, 0.5) is 14.5 Å². The molecule has 0 aliphatic rings. The number of rotatable bonds is 4. The molecule has 0 spiro atoms. The molecule has 1 amide bonds. The van der Waals surface area contributed by atoms with Crippen LogP contribution in [0.2, 0.25) is 0 Å². The van der Waals surface area contributed by atoms with Gasteiger partial charge in [-0.25, -0.2) is 0 Å². The highest BCUT2D eigenvalue weighted by atomic mass is 19.3. The predicted molar refractivity (Wildman–Crippen MR) is 65.3 cm³/mol. The van der Waals surface area contributed by atoms with Gasteiger partial charge in [0.05, 0.1) is 0 Å². The Morgan fingerprint density at radius 1 is 1.21 bits per heavy atom. The van der Waals surface area contributed by atoms with E-state index in [-0.39, 0.29) is 11.3 Å². The average molecular weight is 264 g/mol. The quantitative estimate of drug-likeness (QED) is 0.923. The number of hydrogen-bond acceptors (Lipinski definition) is 3. The van der Waals surface area contributed by atoms with Crippen molar-refractivity contribution in [1.82, 2.24) is 4.98 Å². The molecule has 2 rings (SSSR count). The number of benzene rings is 1. The minimum absolute atomic E-state index is 0.0580. The van der Waals surface area contributed by atoms with Gasteiger partial charge in [0.2, 0.25) is 0 Å². The lowest BCUT2D eigenvalue weighted by atomic mass is 10.2. The topological polar surface area (TPSA) is 51.2 Å². The van der Waals surface area contributed by atoms with E-state index in [0.29, 0.717) is 5.69 Å². The van der Waals surface area contributed by atoms with E-state index in [9.17, 15) is 13.6 Å². The molecule has 1 heterocycles. The summed E-state index contributed by atoms with van der Waals surface area (Å²) >= 11 is 0. The number of aromatic nitrogens is 1.